The van der Waals surface area contributed by atoms with Crippen molar-refractivity contribution in [1.82, 2.24) is 9.80 Å². The van der Waals surface area contributed by atoms with Gasteiger partial charge in [-0.1, -0.05) is 42.5 Å². The maximum atomic E-state index is 13.8. The summed E-state index contributed by atoms with van der Waals surface area (Å²) < 4.78 is 13.8. The highest BCUT2D eigenvalue weighted by molar-refractivity contribution is 5.84. The number of rotatable bonds is 4. The zero-order valence-corrected chi connectivity index (χ0v) is 14.2. The number of hydrogen-bond acceptors (Lipinski definition) is 2. The van der Waals surface area contributed by atoms with E-state index in [1.807, 2.05) is 18.2 Å². The van der Waals surface area contributed by atoms with Gasteiger partial charge in [-0.15, -0.1) is 0 Å². The number of benzene rings is 2. The number of hydrogen-bond donors (Lipinski definition) is 0. The van der Waals surface area contributed by atoms with E-state index in [-0.39, 0.29) is 30.7 Å². The number of halogens is 1. The van der Waals surface area contributed by atoms with Gasteiger partial charge in [-0.25, -0.2) is 4.39 Å². The highest BCUT2D eigenvalue weighted by Crippen LogP contribution is 2.19. The molecule has 0 N–H and O–H groups in total. The molecule has 0 radical (unpaired) electrons. The van der Waals surface area contributed by atoms with Crippen molar-refractivity contribution in [2.75, 3.05) is 13.1 Å². The van der Waals surface area contributed by atoms with Crippen LogP contribution in [0.25, 0.3) is 0 Å². The van der Waals surface area contributed by atoms with E-state index in [1.165, 1.54) is 23.5 Å². The lowest BCUT2D eigenvalue weighted by atomic mass is 10.00. The number of carbonyl (C=O) groups excluding carboxylic acids is 2. The van der Waals surface area contributed by atoms with E-state index in [2.05, 4.69) is 6.07 Å². The van der Waals surface area contributed by atoms with Gasteiger partial charge in [-0.3, -0.25) is 9.59 Å². The molecule has 5 heteroatoms. The molecule has 0 bridgehead atoms. The highest BCUT2D eigenvalue weighted by atomic mass is 19.1. The Morgan fingerprint density at radius 3 is 2.48 bits per heavy atom. The first kappa shape index (κ1) is 17.1. The fourth-order valence-corrected chi connectivity index (χ4v) is 3.08. The van der Waals surface area contributed by atoms with E-state index < -0.39 is 0 Å². The van der Waals surface area contributed by atoms with E-state index in [0.29, 0.717) is 18.7 Å². The van der Waals surface area contributed by atoms with E-state index >= 15 is 0 Å². The summed E-state index contributed by atoms with van der Waals surface area (Å²) in [7, 11) is 0. The third kappa shape index (κ3) is 4.05. The molecule has 2 aromatic carbocycles. The number of carbonyl (C=O) groups is 2. The number of amides is 2. The lowest BCUT2D eigenvalue weighted by Gasteiger charge is -2.31. The van der Waals surface area contributed by atoms with Gasteiger partial charge in [-0.05, 0) is 23.6 Å². The van der Waals surface area contributed by atoms with Crippen LogP contribution in [0.5, 0.6) is 0 Å². The Morgan fingerprint density at radius 1 is 1.08 bits per heavy atom. The topological polar surface area (TPSA) is 40.6 Å². The van der Waals surface area contributed by atoms with Gasteiger partial charge < -0.3 is 9.80 Å². The Balaban J connectivity index is 1.67. The maximum Gasteiger partial charge on any atom is 0.242 e. The van der Waals surface area contributed by atoms with Gasteiger partial charge in [-0.2, -0.15) is 0 Å². The van der Waals surface area contributed by atoms with E-state index in [0.717, 1.165) is 12.0 Å². The minimum Gasteiger partial charge on any atom is -0.336 e. The summed E-state index contributed by atoms with van der Waals surface area (Å²) in [5, 5.41) is 0. The van der Waals surface area contributed by atoms with Crippen LogP contribution in [0.1, 0.15) is 23.6 Å². The molecule has 0 unspecified atom stereocenters. The normalized spacial score (nSPS) is 13.3. The Morgan fingerprint density at radius 2 is 1.76 bits per heavy atom. The van der Waals surface area contributed by atoms with Crippen LogP contribution in [0.3, 0.4) is 0 Å². The van der Waals surface area contributed by atoms with Crippen LogP contribution in [0.15, 0.2) is 48.5 Å². The molecule has 0 saturated heterocycles. The molecular weight excluding hydrogens is 319 g/mol. The van der Waals surface area contributed by atoms with Crippen molar-refractivity contribution in [3.63, 3.8) is 0 Å². The summed E-state index contributed by atoms with van der Waals surface area (Å²) in [6.45, 7) is 2.66. The molecule has 3 rings (SSSR count). The minimum absolute atomic E-state index is 0.0359. The molecule has 0 aromatic heterocycles. The molecule has 0 fully saturated rings. The van der Waals surface area contributed by atoms with Gasteiger partial charge in [0, 0.05) is 32.1 Å². The first-order chi connectivity index (χ1) is 12.0. The molecule has 25 heavy (non-hydrogen) atoms. The molecule has 2 aromatic rings. The van der Waals surface area contributed by atoms with Crippen molar-refractivity contribution in [3.8, 4) is 0 Å². The van der Waals surface area contributed by atoms with Crippen LogP contribution in [0, 0.1) is 5.82 Å². The van der Waals surface area contributed by atoms with Crippen molar-refractivity contribution < 1.29 is 14.0 Å². The van der Waals surface area contributed by atoms with Gasteiger partial charge in [0.15, 0.2) is 0 Å². The average molecular weight is 340 g/mol. The summed E-state index contributed by atoms with van der Waals surface area (Å²) in [5.74, 6) is -0.719. The van der Waals surface area contributed by atoms with E-state index in [9.17, 15) is 14.0 Å². The molecule has 1 aliphatic heterocycles. The third-order valence-electron chi connectivity index (χ3n) is 4.57. The average Bonchev–Trinajstić information content (AvgIpc) is 2.62. The van der Waals surface area contributed by atoms with Crippen LogP contribution >= 0.6 is 0 Å². The highest BCUT2D eigenvalue weighted by Gasteiger charge is 2.23. The molecule has 0 spiro atoms. The summed E-state index contributed by atoms with van der Waals surface area (Å²) in [6.07, 6.45) is 0.815. The third-order valence-corrected chi connectivity index (χ3v) is 4.57. The Kier molecular flexibility index (Phi) is 5.12. The molecule has 0 saturated carbocycles. The van der Waals surface area contributed by atoms with Crippen LogP contribution in [0.4, 0.5) is 4.39 Å². The quantitative estimate of drug-likeness (QED) is 0.859. The lowest BCUT2D eigenvalue weighted by molar-refractivity contribution is -0.140. The van der Waals surface area contributed by atoms with Crippen LogP contribution < -0.4 is 0 Å². The largest absolute Gasteiger partial charge is 0.336 e. The van der Waals surface area contributed by atoms with Crippen LogP contribution in [0.2, 0.25) is 0 Å². The molecule has 0 aliphatic carbocycles. The summed E-state index contributed by atoms with van der Waals surface area (Å²) >= 11 is 0. The lowest BCUT2D eigenvalue weighted by Crippen LogP contribution is -2.43. The fourth-order valence-electron chi connectivity index (χ4n) is 3.08. The number of nitrogens with zero attached hydrogens (tertiary/aromatic N) is 2. The predicted octanol–water partition coefficient (Wildman–Crippen LogP) is 2.76. The Bertz CT molecular complexity index is 791. The molecule has 2 amide bonds. The number of fused-ring (bicyclic) bond motifs is 1. The summed E-state index contributed by atoms with van der Waals surface area (Å²) in [4.78, 5) is 27.7. The van der Waals surface area contributed by atoms with Gasteiger partial charge in [0.05, 0.1) is 0 Å². The molecule has 4 nitrogen and oxygen atoms in total. The second-order valence-electron chi connectivity index (χ2n) is 6.30. The molecule has 1 heterocycles. The summed E-state index contributed by atoms with van der Waals surface area (Å²) in [5.41, 5.74) is 2.82. The van der Waals surface area contributed by atoms with Crippen LogP contribution in [-0.4, -0.2) is 34.7 Å². The second-order valence-corrected chi connectivity index (χ2v) is 6.30. The molecular formula is C20H21FN2O2. The smallest absolute Gasteiger partial charge is 0.242 e. The van der Waals surface area contributed by atoms with Gasteiger partial charge >= 0.3 is 0 Å². The van der Waals surface area contributed by atoms with Crippen molar-refractivity contribution in [2.45, 2.75) is 26.4 Å². The van der Waals surface area contributed by atoms with E-state index in [1.54, 1.807) is 23.1 Å². The Labute approximate surface area is 146 Å². The molecule has 0 atom stereocenters. The fraction of sp³-hybridized carbons (Fsp3) is 0.300. The first-order valence-corrected chi connectivity index (χ1v) is 8.38. The molecule has 1 aliphatic rings. The zero-order chi connectivity index (χ0) is 17.8. The van der Waals surface area contributed by atoms with Crippen molar-refractivity contribution in [2.24, 2.45) is 0 Å². The predicted molar refractivity (Wildman–Crippen MR) is 93.1 cm³/mol. The Hall–Kier alpha value is -2.69. The van der Waals surface area contributed by atoms with Crippen molar-refractivity contribution in [3.05, 3.63) is 71.0 Å². The van der Waals surface area contributed by atoms with Crippen LogP contribution in [-0.2, 0) is 29.1 Å². The van der Waals surface area contributed by atoms with Gasteiger partial charge in [0.1, 0.15) is 12.4 Å². The van der Waals surface area contributed by atoms with Gasteiger partial charge in [0.25, 0.3) is 0 Å². The standard InChI is InChI=1S/C20H21FN2O2/c1-15(24)23(13-18-8-4-5-9-19(18)21)14-20(25)22-11-10-16-6-2-3-7-17(16)12-22/h2-9H,10-14H2,1H3. The zero-order valence-electron chi connectivity index (χ0n) is 14.2. The second kappa shape index (κ2) is 7.47. The SMILES string of the molecule is CC(=O)N(CC(=O)N1CCc2ccccc2C1)Cc1ccccc1F. The molecule has 130 valence electrons. The monoisotopic (exact) mass is 340 g/mol. The summed E-state index contributed by atoms with van der Waals surface area (Å²) in [6, 6.07) is 14.4. The van der Waals surface area contributed by atoms with Crippen molar-refractivity contribution >= 4 is 11.8 Å². The van der Waals surface area contributed by atoms with E-state index in [4.69, 9.17) is 0 Å². The maximum absolute atomic E-state index is 13.8. The first-order valence-electron chi connectivity index (χ1n) is 8.38. The van der Waals surface area contributed by atoms with Crippen molar-refractivity contribution in [1.29, 1.82) is 0 Å². The minimum atomic E-state index is -0.368. The van der Waals surface area contributed by atoms with Gasteiger partial charge in [0.2, 0.25) is 11.8 Å².